The number of hydrogen-bond donors (Lipinski definition) is 1. The molecule has 1 fully saturated rings. The third-order valence-electron chi connectivity index (χ3n) is 3.71. The van der Waals surface area contributed by atoms with Crippen LogP contribution in [0.3, 0.4) is 0 Å². The lowest BCUT2D eigenvalue weighted by atomic mass is 10.1. The van der Waals surface area contributed by atoms with Gasteiger partial charge >= 0.3 is 0 Å². The van der Waals surface area contributed by atoms with E-state index in [2.05, 4.69) is 4.90 Å². The Morgan fingerprint density at radius 3 is 2.80 bits per heavy atom. The van der Waals surface area contributed by atoms with E-state index in [0.717, 1.165) is 31.6 Å². The highest BCUT2D eigenvalue weighted by Gasteiger charge is 2.20. The number of benzene rings is 1. The fourth-order valence-corrected chi connectivity index (χ4v) is 2.63. The van der Waals surface area contributed by atoms with Crippen LogP contribution in [-0.4, -0.2) is 60.1 Å². The number of nitrogens with zero attached hydrogens (tertiary/aromatic N) is 2. The summed E-state index contributed by atoms with van der Waals surface area (Å²) in [5.41, 5.74) is 1.63. The van der Waals surface area contributed by atoms with E-state index in [1.54, 1.807) is 6.07 Å². The maximum absolute atomic E-state index is 12.5. The lowest BCUT2D eigenvalue weighted by Gasteiger charge is -2.21. The number of β-amino-alcohol motifs (C(OH)–C–C–N with tert-alkyl or cyclic N) is 1. The van der Waals surface area contributed by atoms with Crippen LogP contribution in [0.15, 0.2) is 18.2 Å². The van der Waals surface area contributed by atoms with Gasteiger partial charge < -0.3 is 10.0 Å². The number of amides is 1. The molecule has 0 aliphatic carbocycles. The van der Waals surface area contributed by atoms with Gasteiger partial charge in [-0.1, -0.05) is 17.7 Å². The molecule has 1 heterocycles. The summed E-state index contributed by atoms with van der Waals surface area (Å²) >= 11 is 6.09. The van der Waals surface area contributed by atoms with Gasteiger partial charge in [-0.25, -0.2) is 0 Å². The molecule has 0 bridgehead atoms. The largest absolute Gasteiger partial charge is 0.395 e. The summed E-state index contributed by atoms with van der Waals surface area (Å²) in [5.74, 6) is 0.0396. The molecule has 110 valence electrons. The molecule has 0 spiro atoms. The van der Waals surface area contributed by atoms with Gasteiger partial charge in [0.15, 0.2) is 0 Å². The lowest BCUT2D eigenvalue weighted by Crippen LogP contribution is -2.35. The molecule has 20 heavy (non-hydrogen) atoms. The second-order valence-corrected chi connectivity index (χ2v) is 5.58. The van der Waals surface area contributed by atoms with E-state index in [1.165, 1.54) is 0 Å². The number of halogens is 1. The average molecular weight is 297 g/mol. The first-order valence-corrected chi connectivity index (χ1v) is 7.38. The Morgan fingerprint density at radius 2 is 2.10 bits per heavy atom. The highest BCUT2D eigenvalue weighted by molar-refractivity contribution is 6.31. The second-order valence-electron chi connectivity index (χ2n) is 5.17. The molecule has 0 unspecified atom stereocenters. The van der Waals surface area contributed by atoms with Crippen molar-refractivity contribution in [2.45, 2.75) is 13.3 Å². The van der Waals surface area contributed by atoms with Gasteiger partial charge in [0.25, 0.3) is 5.91 Å². The molecule has 1 aliphatic rings. The zero-order chi connectivity index (χ0) is 14.5. The zero-order valence-electron chi connectivity index (χ0n) is 11.8. The number of aryl methyl sites for hydroxylation is 1. The average Bonchev–Trinajstić information content (AvgIpc) is 2.67. The van der Waals surface area contributed by atoms with Crippen molar-refractivity contribution in [1.29, 1.82) is 0 Å². The van der Waals surface area contributed by atoms with Gasteiger partial charge in [0, 0.05) is 36.8 Å². The van der Waals surface area contributed by atoms with Crippen LogP contribution in [0.1, 0.15) is 22.3 Å². The van der Waals surface area contributed by atoms with Gasteiger partial charge in [0.2, 0.25) is 0 Å². The van der Waals surface area contributed by atoms with E-state index in [9.17, 15) is 4.79 Å². The molecule has 1 aliphatic heterocycles. The van der Waals surface area contributed by atoms with E-state index < -0.39 is 0 Å². The maximum Gasteiger partial charge on any atom is 0.253 e. The molecule has 1 saturated heterocycles. The van der Waals surface area contributed by atoms with Crippen LogP contribution >= 0.6 is 11.6 Å². The first-order chi connectivity index (χ1) is 9.61. The summed E-state index contributed by atoms with van der Waals surface area (Å²) in [6, 6.07) is 5.46. The zero-order valence-corrected chi connectivity index (χ0v) is 12.6. The highest BCUT2D eigenvalue weighted by atomic mass is 35.5. The molecule has 0 saturated carbocycles. The molecule has 0 aromatic heterocycles. The van der Waals surface area contributed by atoms with Crippen LogP contribution in [0, 0.1) is 6.92 Å². The fraction of sp³-hybridized carbons (Fsp3) is 0.533. The van der Waals surface area contributed by atoms with Crippen molar-refractivity contribution in [3.8, 4) is 0 Å². The molecule has 1 amide bonds. The molecule has 1 aromatic carbocycles. The Kier molecular flexibility index (Phi) is 5.40. The van der Waals surface area contributed by atoms with E-state index in [-0.39, 0.29) is 12.5 Å². The van der Waals surface area contributed by atoms with Gasteiger partial charge in [0.05, 0.1) is 6.61 Å². The van der Waals surface area contributed by atoms with Crippen molar-refractivity contribution in [2.24, 2.45) is 0 Å². The Balaban J connectivity index is 2.03. The summed E-state index contributed by atoms with van der Waals surface area (Å²) in [6.45, 7) is 5.97. The van der Waals surface area contributed by atoms with Crippen LogP contribution < -0.4 is 0 Å². The molecular formula is C15H21ClN2O2. The third-order valence-corrected chi connectivity index (χ3v) is 4.12. The standard InChI is InChI=1S/C15H21ClN2O2/c1-12-3-4-13(11-14(12)16)15(20)18-6-2-5-17(7-8-18)9-10-19/h3-4,11,19H,2,5-10H2,1H3. The first-order valence-electron chi connectivity index (χ1n) is 7.00. The number of carbonyl (C=O) groups is 1. The molecule has 0 radical (unpaired) electrons. The number of aliphatic hydroxyl groups is 1. The van der Waals surface area contributed by atoms with E-state index >= 15 is 0 Å². The molecule has 2 rings (SSSR count). The van der Waals surface area contributed by atoms with Gasteiger partial charge in [-0.3, -0.25) is 9.69 Å². The van der Waals surface area contributed by atoms with Gasteiger partial charge in [-0.05, 0) is 37.6 Å². The topological polar surface area (TPSA) is 43.8 Å². The monoisotopic (exact) mass is 296 g/mol. The minimum Gasteiger partial charge on any atom is -0.395 e. The summed E-state index contributed by atoms with van der Waals surface area (Å²) < 4.78 is 0. The van der Waals surface area contributed by atoms with Gasteiger partial charge in [0.1, 0.15) is 0 Å². The lowest BCUT2D eigenvalue weighted by molar-refractivity contribution is 0.0760. The Bertz CT molecular complexity index is 479. The van der Waals surface area contributed by atoms with Crippen molar-refractivity contribution in [3.63, 3.8) is 0 Å². The van der Waals surface area contributed by atoms with Crippen molar-refractivity contribution in [2.75, 3.05) is 39.3 Å². The van der Waals surface area contributed by atoms with E-state index in [1.807, 2.05) is 24.0 Å². The minimum atomic E-state index is 0.0396. The normalized spacial score (nSPS) is 17.1. The van der Waals surface area contributed by atoms with Crippen molar-refractivity contribution < 1.29 is 9.90 Å². The highest BCUT2D eigenvalue weighted by Crippen LogP contribution is 2.18. The maximum atomic E-state index is 12.5. The van der Waals surface area contributed by atoms with E-state index in [0.29, 0.717) is 23.7 Å². The molecular weight excluding hydrogens is 276 g/mol. The van der Waals surface area contributed by atoms with E-state index in [4.69, 9.17) is 16.7 Å². The number of hydrogen-bond acceptors (Lipinski definition) is 3. The first kappa shape index (κ1) is 15.3. The summed E-state index contributed by atoms with van der Waals surface area (Å²) in [4.78, 5) is 16.5. The Labute approximate surface area is 124 Å². The number of carbonyl (C=O) groups excluding carboxylic acids is 1. The Hall–Kier alpha value is -1.10. The second kappa shape index (κ2) is 7.07. The van der Waals surface area contributed by atoms with Crippen LogP contribution in [0.5, 0.6) is 0 Å². The van der Waals surface area contributed by atoms with Crippen LogP contribution in [0.4, 0.5) is 0 Å². The fourth-order valence-electron chi connectivity index (χ4n) is 2.45. The summed E-state index contributed by atoms with van der Waals surface area (Å²) in [7, 11) is 0. The number of aliphatic hydroxyl groups excluding tert-OH is 1. The minimum absolute atomic E-state index is 0.0396. The van der Waals surface area contributed by atoms with Crippen LogP contribution in [0.2, 0.25) is 5.02 Å². The molecule has 0 atom stereocenters. The van der Waals surface area contributed by atoms with Gasteiger partial charge in [-0.2, -0.15) is 0 Å². The smallest absolute Gasteiger partial charge is 0.253 e. The van der Waals surface area contributed by atoms with Crippen molar-refractivity contribution >= 4 is 17.5 Å². The predicted octanol–water partition coefficient (Wildman–Crippen LogP) is 1.79. The third kappa shape index (κ3) is 3.72. The summed E-state index contributed by atoms with van der Waals surface area (Å²) in [6.07, 6.45) is 0.936. The van der Waals surface area contributed by atoms with Crippen LogP contribution in [-0.2, 0) is 0 Å². The Morgan fingerprint density at radius 1 is 1.30 bits per heavy atom. The molecule has 1 N–H and O–H groups in total. The summed E-state index contributed by atoms with van der Waals surface area (Å²) in [5, 5.41) is 9.62. The van der Waals surface area contributed by atoms with Crippen molar-refractivity contribution in [1.82, 2.24) is 9.80 Å². The SMILES string of the molecule is Cc1ccc(C(=O)N2CCCN(CCO)CC2)cc1Cl. The van der Waals surface area contributed by atoms with Crippen LogP contribution in [0.25, 0.3) is 0 Å². The molecule has 5 heteroatoms. The predicted molar refractivity (Wildman–Crippen MR) is 80.2 cm³/mol. The van der Waals surface area contributed by atoms with Gasteiger partial charge in [-0.15, -0.1) is 0 Å². The van der Waals surface area contributed by atoms with Crippen molar-refractivity contribution in [3.05, 3.63) is 34.3 Å². The quantitative estimate of drug-likeness (QED) is 0.925. The molecule has 1 aromatic rings. The number of rotatable bonds is 3. The molecule has 4 nitrogen and oxygen atoms in total.